The van der Waals surface area contributed by atoms with E-state index in [4.69, 9.17) is 0 Å². The van der Waals surface area contributed by atoms with E-state index in [0.29, 0.717) is 11.4 Å². The molecule has 166 valence electrons. The highest BCUT2D eigenvalue weighted by molar-refractivity contribution is 8.02. The van der Waals surface area contributed by atoms with Crippen molar-refractivity contribution in [3.8, 4) is 0 Å². The molecule has 6 nitrogen and oxygen atoms in total. The number of hydrogen-bond donors (Lipinski definition) is 1. The van der Waals surface area contributed by atoms with Gasteiger partial charge in [0.2, 0.25) is 16.7 Å². The number of thioether (sulfide) groups is 1. The smallest absolute Gasteiger partial charge is 0.269 e. The van der Waals surface area contributed by atoms with E-state index in [-0.39, 0.29) is 36.1 Å². The predicted octanol–water partition coefficient (Wildman–Crippen LogP) is 3.64. The lowest BCUT2D eigenvalue weighted by Gasteiger charge is -2.33. The summed E-state index contributed by atoms with van der Waals surface area (Å²) in [6.07, 6.45) is 4.24. The number of carbonyl (C=O) groups excluding carboxylic acids is 3. The summed E-state index contributed by atoms with van der Waals surface area (Å²) < 4.78 is 0. The fraction of sp³-hybridized carbons (Fsp3) is 0.400. The fourth-order valence-corrected chi connectivity index (χ4v) is 6.42. The van der Waals surface area contributed by atoms with Crippen molar-refractivity contribution in [3.63, 3.8) is 0 Å². The molecule has 1 saturated carbocycles. The third-order valence-corrected chi connectivity index (χ3v) is 8.22. The van der Waals surface area contributed by atoms with Gasteiger partial charge in [0.25, 0.3) is 5.91 Å². The first-order chi connectivity index (χ1) is 15.4. The monoisotopic (exact) mass is 449 g/mol. The number of rotatable bonds is 4. The molecule has 2 aromatic rings. The number of aryl methyl sites for hydroxylation is 2. The highest BCUT2D eigenvalue weighted by Gasteiger charge is 2.61. The van der Waals surface area contributed by atoms with Crippen LogP contribution in [0, 0.1) is 13.8 Å². The zero-order valence-electron chi connectivity index (χ0n) is 18.4. The van der Waals surface area contributed by atoms with Crippen LogP contribution in [0.3, 0.4) is 0 Å². The number of fused-ring (bicyclic) bond motifs is 2. The standard InChI is InChI=1S/C25H27N3O3S/c1-16-11-12-19(13-17(16)2)28-23(30)15-32-25(28)20-9-5-6-10-21(20)27(24(25)31)14-22(29)26-18-7-3-4-8-18/h5-6,9-13,18H,3-4,7-8,14-15H2,1-2H3,(H,26,29)/t25-/m0/s1. The molecular formula is C25H27N3O3S. The Balaban J connectivity index is 1.53. The van der Waals surface area contributed by atoms with Gasteiger partial charge in [0.05, 0.1) is 11.4 Å². The molecule has 1 spiro atoms. The van der Waals surface area contributed by atoms with Gasteiger partial charge in [-0.25, -0.2) is 0 Å². The first-order valence-electron chi connectivity index (χ1n) is 11.2. The minimum absolute atomic E-state index is 0.0381. The molecule has 2 aromatic carbocycles. The SMILES string of the molecule is Cc1ccc(N2C(=O)CS[C@@]23C(=O)N(CC(=O)NC2CCCC2)c2ccccc23)cc1C. The third-order valence-electron chi connectivity index (χ3n) is 6.83. The predicted molar refractivity (Wildman–Crippen MR) is 127 cm³/mol. The van der Waals surface area contributed by atoms with Crippen LogP contribution in [0.5, 0.6) is 0 Å². The highest BCUT2D eigenvalue weighted by atomic mass is 32.2. The number of anilines is 2. The molecule has 0 bridgehead atoms. The minimum atomic E-state index is -1.18. The second-order valence-corrected chi connectivity index (χ2v) is 10.1. The Bertz CT molecular complexity index is 1110. The zero-order chi connectivity index (χ0) is 22.5. The molecule has 7 heteroatoms. The van der Waals surface area contributed by atoms with E-state index < -0.39 is 4.87 Å². The summed E-state index contributed by atoms with van der Waals surface area (Å²) in [6, 6.07) is 13.6. The van der Waals surface area contributed by atoms with Crippen molar-refractivity contribution in [2.24, 2.45) is 0 Å². The number of nitrogens with one attached hydrogen (secondary N) is 1. The van der Waals surface area contributed by atoms with Gasteiger partial charge >= 0.3 is 0 Å². The maximum absolute atomic E-state index is 14.0. The van der Waals surface area contributed by atoms with Crippen molar-refractivity contribution in [1.29, 1.82) is 0 Å². The van der Waals surface area contributed by atoms with Crippen LogP contribution in [0.2, 0.25) is 0 Å². The molecule has 1 aliphatic carbocycles. The average molecular weight is 450 g/mol. The topological polar surface area (TPSA) is 69.7 Å². The maximum atomic E-state index is 14.0. The molecule has 2 fully saturated rings. The van der Waals surface area contributed by atoms with E-state index in [0.717, 1.165) is 42.4 Å². The number of benzene rings is 2. The van der Waals surface area contributed by atoms with Crippen LogP contribution in [-0.2, 0) is 19.3 Å². The van der Waals surface area contributed by atoms with E-state index in [2.05, 4.69) is 5.32 Å². The zero-order valence-corrected chi connectivity index (χ0v) is 19.2. The van der Waals surface area contributed by atoms with Crippen LogP contribution >= 0.6 is 11.8 Å². The Labute approximate surface area is 192 Å². The van der Waals surface area contributed by atoms with Gasteiger partial charge in [0, 0.05) is 17.3 Å². The van der Waals surface area contributed by atoms with E-state index in [1.165, 1.54) is 11.8 Å². The van der Waals surface area contributed by atoms with Gasteiger partial charge in [-0.3, -0.25) is 24.2 Å². The average Bonchev–Trinajstić information content (AvgIpc) is 3.46. The Morgan fingerprint density at radius 1 is 1.09 bits per heavy atom. The molecule has 3 aliphatic rings. The van der Waals surface area contributed by atoms with Crippen LogP contribution in [0.15, 0.2) is 42.5 Å². The van der Waals surface area contributed by atoms with Crippen molar-refractivity contribution >= 4 is 40.9 Å². The van der Waals surface area contributed by atoms with Crippen molar-refractivity contribution in [3.05, 3.63) is 59.2 Å². The lowest BCUT2D eigenvalue weighted by molar-refractivity contribution is -0.126. The third kappa shape index (κ3) is 3.22. The maximum Gasteiger partial charge on any atom is 0.269 e. The summed E-state index contributed by atoms with van der Waals surface area (Å²) in [7, 11) is 0. The lowest BCUT2D eigenvalue weighted by Crippen LogP contribution is -2.51. The molecule has 0 unspecified atom stereocenters. The van der Waals surface area contributed by atoms with Gasteiger partial charge in [-0.15, -0.1) is 11.8 Å². The fourth-order valence-electron chi connectivity index (χ4n) is 5.06. The number of hydrogen-bond acceptors (Lipinski definition) is 4. The molecule has 5 rings (SSSR count). The van der Waals surface area contributed by atoms with Crippen molar-refractivity contribution in [2.75, 3.05) is 22.1 Å². The van der Waals surface area contributed by atoms with E-state index in [1.54, 1.807) is 9.80 Å². The summed E-state index contributed by atoms with van der Waals surface area (Å²) in [6.45, 7) is 3.99. The quantitative estimate of drug-likeness (QED) is 0.774. The van der Waals surface area contributed by atoms with Crippen molar-refractivity contribution < 1.29 is 14.4 Å². The number of nitrogens with zero attached hydrogens (tertiary/aromatic N) is 2. The van der Waals surface area contributed by atoms with Crippen LogP contribution < -0.4 is 15.1 Å². The molecule has 2 heterocycles. The summed E-state index contributed by atoms with van der Waals surface area (Å²) in [5.41, 5.74) is 4.38. The Morgan fingerprint density at radius 2 is 1.84 bits per heavy atom. The minimum Gasteiger partial charge on any atom is -0.352 e. The molecule has 1 saturated heterocycles. The molecule has 0 aromatic heterocycles. The Hall–Kier alpha value is -2.80. The van der Waals surface area contributed by atoms with E-state index in [1.807, 2.05) is 56.3 Å². The summed E-state index contributed by atoms with van der Waals surface area (Å²) in [5, 5.41) is 3.08. The second kappa shape index (κ2) is 7.96. The Morgan fingerprint density at radius 3 is 2.59 bits per heavy atom. The molecule has 3 amide bonds. The largest absolute Gasteiger partial charge is 0.352 e. The van der Waals surface area contributed by atoms with Crippen LogP contribution in [0.25, 0.3) is 0 Å². The Kier molecular flexibility index (Phi) is 5.24. The first kappa shape index (κ1) is 21.1. The van der Waals surface area contributed by atoms with Gasteiger partial charge < -0.3 is 5.32 Å². The summed E-state index contributed by atoms with van der Waals surface area (Å²) in [4.78, 5) is 41.9. The van der Waals surface area contributed by atoms with Gasteiger partial charge in [-0.05, 0) is 56.0 Å². The van der Waals surface area contributed by atoms with Gasteiger partial charge in [0.1, 0.15) is 6.54 Å². The normalized spacial score (nSPS) is 22.8. The lowest BCUT2D eigenvalue weighted by atomic mass is 10.0. The van der Waals surface area contributed by atoms with Crippen LogP contribution in [0.1, 0.15) is 42.4 Å². The second-order valence-electron chi connectivity index (χ2n) is 8.89. The van der Waals surface area contributed by atoms with Gasteiger partial charge in [0.15, 0.2) is 0 Å². The van der Waals surface area contributed by atoms with E-state index >= 15 is 0 Å². The number of amides is 3. The molecular weight excluding hydrogens is 422 g/mol. The van der Waals surface area contributed by atoms with E-state index in [9.17, 15) is 14.4 Å². The van der Waals surface area contributed by atoms with Crippen LogP contribution in [-0.4, -0.2) is 36.1 Å². The molecule has 0 radical (unpaired) electrons. The summed E-state index contributed by atoms with van der Waals surface area (Å²) >= 11 is 1.34. The van der Waals surface area contributed by atoms with Crippen molar-refractivity contribution in [1.82, 2.24) is 5.32 Å². The molecule has 1 N–H and O–H groups in total. The number of carbonyl (C=O) groups is 3. The van der Waals surface area contributed by atoms with Gasteiger partial charge in [-0.1, -0.05) is 37.1 Å². The molecule has 2 aliphatic heterocycles. The van der Waals surface area contributed by atoms with Gasteiger partial charge in [-0.2, -0.15) is 0 Å². The first-order valence-corrected chi connectivity index (χ1v) is 12.2. The van der Waals surface area contributed by atoms with Crippen molar-refractivity contribution in [2.45, 2.75) is 50.4 Å². The molecule has 1 atom stereocenters. The molecule has 32 heavy (non-hydrogen) atoms. The summed E-state index contributed by atoms with van der Waals surface area (Å²) in [5.74, 6) is -0.257. The van der Waals surface area contributed by atoms with Crippen LogP contribution in [0.4, 0.5) is 11.4 Å². The highest BCUT2D eigenvalue weighted by Crippen LogP contribution is 2.55. The number of para-hydroxylation sites is 1.